The zero-order valence-corrected chi connectivity index (χ0v) is 15.5. The average Bonchev–Trinajstić information content (AvgIpc) is 2.95. The molecule has 26 heavy (non-hydrogen) atoms. The number of likely N-dealkylation sites (tertiary alicyclic amines) is 1. The van der Waals surface area contributed by atoms with Crippen LogP contribution in [0.3, 0.4) is 0 Å². The second kappa shape index (κ2) is 7.91. The molecule has 0 aliphatic carbocycles. The maximum atomic E-state index is 13.8. The third kappa shape index (κ3) is 4.53. The van der Waals surface area contributed by atoms with Gasteiger partial charge in [-0.25, -0.2) is 13.8 Å². The molecule has 1 aromatic carbocycles. The number of likely N-dealkylation sites (N-methyl/N-ethyl adjacent to an activating group) is 1. The number of piperidine rings is 1. The maximum Gasteiger partial charge on any atom is 0.230 e. The van der Waals surface area contributed by atoms with Gasteiger partial charge in [-0.05, 0) is 26.6 Å². The highest BCUT2D eigenvalue weighted by Gasteiger charge is 2.31. The molecule has 2 N–H and O–H groups in total. The van der Waals surface area contributed by atoms with E-state index >= 15 is 0 Å². The molecule has 1 fully saturated rings. The Kier molecular flexibility index (Phi) is 5.81. The van der Waals surface area contributed by atoms with Crippen LogP contribution in [0.1, 0.15) is 6.42 Å². The molecule has 1 aliphatic rings. The summed E-state index contributed by atoms with van der Waals surface area (Å²) < 4.78 is 27.4. The van der Waals surface area contributed by atoms with Gasteiger partial charge in [0, 0.05) is 32.2 Å². The first-order chi connectivity index (χ1) is 12.3. The summed E-state index contributed by atoms with van der Waals surface area (Å²) in [5.41, 5.74) is 0.0444. The molecule has 0 bridgehead atoms. The lowest BCUT2D eigenvalue weighted by Crippen LogP contribution is -2.48. The largest absolute Gasteiger partial charge is 0.392 e. The predicted octanol–water partition coefficient (Wildman–Crippen LogP) is 1.76. The Morgan fingerprint density at radius 3 is 2.92 bits per heavy atom. The van der Waals surface area contributed by atoms with E-state index in [1.807, 2.05) is 19.0 Å². The second-order valence-corrected chi connectivity index (χ2v) is 7.92. The summed E-state index contributed by atoms with van der Waals surface area (Å²) in [6.07, 6.45) is -0.193. The van der Waals surface area contributed by atoms with Crippen LogP contribution in [0.2, 0.25) is 0 Å². The first-order valence-corrected chi connectivity index (χ1v) is 9.25. The second-order valence-electron chi connectivity index (χ2n) is 6.89. The number of carbonyl (C=O) groups excluding carboxylic acids is 1. The number of benzene rings is 1. The molecule has 1 aromatic heterocycles. The summed E-state index contributed by atoms with van der Waals surface area (Å²) in [6, 6.07) is 1.97. The summed E-state index contributed by atoms with van der Waals surface area (Å²) in [7, 11) is 3.94. The minimum atomic E-state index is -0.750. The van der Waals surface area contributed by atoms with E-state index in [1.54, 1.807) is 0 Å². The van der Waals surface area contributed by atoms with E-state index in [-0.39, 0.29) is 22.5 Å². The van der Waals surface area contributed by atoms with E-state index in [4.69, 9.17) is 0 Å². The molecule has 1 aliphatic heterocycles. The Morgan fingerprint density at radius 1 is 1.42 bits per heavy atom. The molecule has 3 rings (SSSR count). The number of aliphatic hydroxyl groups excluding tert-OH is 1. The Morgan fingerprint density at radius 2 is 2.19 bits per heavy atom. The summed E-state index contributed by atoms with van der Waals surface area (Å²) in [5, 5.41) is 13.0. The van der Waals surface area contributed by atoms with Crippen molar-refractivity contribution in [3.63, 3.8) is 0 Å². The molecule has 142 valence electrons. The van der Waals surface area contributed by atoms with Gasteiger partial charge in [0.25, 0.3) is 0 Å². The average molecular weight is 384 g/mol. The lowest BCUT2D eigenvalue weighted by atomic mass is 9.95. The van der Waals surface area contributed by atoms with Gasteiger partial charge in [0.1, 0.15) is 11.3 Å². The maximum absolute atomic E-state index is 13.8. The number of carbonyl (C=O) groups is 1. The standard InChI is InChI=1S/C17H22F2N4O2S/c1-22(2)3-4-23-8-10(5-12(24)9-23)16(25)21-17-20-15-13(19)6-11(18)7-14(15)26-17/h6-7,10,12,24H,3-5,8-9H2,1-2H3,(H,20,21,25). The van der Waals surface area contributed by atoms with Crippen LogP contribution in [-0.2, 0) is 4.79 Å². The van der Waals surface area contributed by atoms with E-state index in [2.05, 4.69) is 15.2 Å². The van der Waals surface area contributed by atoms with Gasteiger partial charge in [-0.1, -0.05) is 11.3 Å². The number of aliphatic hydroxyl groups is 1. The van der Waals surface area contributed by atoms with Crippen LogP contribution < -0.4 is 5.32 Å². The fraction of sp³-hybridized carbons (Fsp3) is 0.529. The number of β-amino-alcohol motifs (C(OH)–C–C–N with tert-alkyl or cyclic N) is 1. The van der Waals surface area contributed by atoms with Crippen LogP contribution in [0.25, 0.3) is 10.2 Å². The Balaban J connectivity index is 1.68. The summed E-state index contributed by atoms with van der Waals surface area (Å²) >= 11 is 1.03. The monoisotopic (exact) mass is 384 g/mol. The number of amides is 1. The van der Waals surface area contributed by atoms with Crippen LogP contribution in [0.15, 0.2) is 12.1 Å². The van der Waals surface area contributed by atoms with Crippen LogP contribution in [0, 0.1) is 17.6 Å². The minimum absolute atomic E-state index is 0.0444. The van der Waals surface area contributed by atoms with Gasteiger partial charge >= 0.3 is 0 Å². The number of hydrogen-bond acceptors (Lipinski definition) is 6. The molecular weight excluding hydrogens is 362 g/mol. The highest BCUT2D eigenvalue weighted by Crippen LogP contribution is 2.29. The van der Waals surface area contributed by atoms with Crippen molar-refractivity contribution < 1.29 is 18.7 Å². The molecule has 0 spiro atoms. The molecule has 2 unspecified atom stereocenters. The number of halogens is 2. The van der Waals surface area contributed by atoms with Gasteiger partial charge in [0.05, 0.1) is 16.7 Å². The van der Waals surface area contributed by atoms with Crippen molar-refractivity contribution in [2.24, 2.45) is 5.92 Å². The Bertz CT molecular complexity index is 798. The van der Waals surface area contributed by atoms with Crippen molar-refractivity contribution in [2.75, 3.05) is 45.6 Å². The number of fused-ring (bicyclic) bond motifs is 1. The summed E-state index contributed by atoms with van der Waals surface area (Å²) in [4.78, 5) is 20.7. The Hall–Kier alpha value is -1.68. The third-order valence-corrected chi connectivity index (χ3v) is 5.30. The van der Waals surface area contributed by atoms with E-state index in [0.717, 1.165) is 30.5 Å². The number of rotatable bonds is 5. The van der Waals surface area contributed by atoms with Gasteiger partial charge in [-0.15, -0.1) is 0 Å². The van der Waals surface area contributed by atoms with Crippen LogP contribution in [0.5, 0.6) is 0 Å². The molecule has 2 heterocycles. The van der Waals surface area contributed by atoms with E-state index in [1.165, 1.54) is 6.07 Å². The van der Waals surface area contributed by atoms with Crippen LogP contribution in [-0.4, -0.2) is 72.2 Å². The molecule has 2 aromatic rings. The third-order valence-electron chi connectivity index (χ3n) is 4.38. The first-order valence-electron chi connectivity index (χ1n) is 8.43. The quantitative estimate of drug-likeness (QED) is 0.822. The lowest BCUT2D eigenvalue weighted by Gasteiger charge is -2.35. The zero-order chi connectivity index (χ0) is 18.8. The molecule has 0 radical (unpaired) electrons. The SMILES string of the molecule is CN(C)CCN1CC(O)CC(C(=O)Nc2nc3c(F)cc(F)cc3s2)C1. The first kappa shape index (κ1) is 19.1. The summed E-state index contributed by atoms with van der Waals surface area (Å²) in [5.74, 6) is -2.07. The van der Waals surface area contributed by atoms with Crippen molar-refractivity contribution in [1.82, 2.24) is 14.8 Å². The topological polar surface area (TPSA) is 68.7 Å². The number of thiazole rings is 1. The van der Waals surface area contributed by atoms with Gasteiger partial charge < -0.3 is 15.3 Å². The Labute approximate surface area is 154 Å². The number of aromatic nitrogens is 1. The molecule has 1 saturated heterocycles. The van der Waals surface area contributed by atoms with E-state index in [0.29, 0.717) is 24.2 Å². The fourth-order valence-corrected chi connectivity index (χ4v) is 4.00. The van der Waals surface area contributed by atoms with E-state index < -0.39 is 17.7 Å². The molecule has 1 amide bonds. The number of nitrogens with zero attached hydrogens (tertiary/aromatic N) is 3. The van der Waals surface area contributed by atoms with Crippen molar-refractivity contribution in [3.05, 3.63) is 23.8 Å². The lowest BCUT2D eigenvalue weighted by molar-refractivity contribution is -0.123. The molecule has 2 atom stereocenters. The zero-order valence-electron chi connectivity index (χ0n) is 14.7. The van der Waals surface area contributed by atoms with Crippen molar-refractivity contribution >= 4 is 32.6 Å². The normalized spacial score (nSPS) is 21.5. The van der Waals surface area contributed by atoms with E-state index in [9.17, 15) is 18.7 Å². The van der Waals surface area contributed by atoms with Crippen molar-refractivity contribution in [2.45, 2.75) is 12.5 Å². The number of anilines is 1. The van der Waals surface area contributed by atoms with Gasteiger partial charge in [-0.3, -0.25) is 9.69 Å². The molecule has 6 nitrogen and oxygen atoms in total. The molecule has 9 heteroatoms. The molecule has 0 saturated carbocycles. The number of nitrogens with one attached hydrogen (secondary N) is 1. The fourth-order valence-electron chi connectivity index (χ4n) is 3.09. The van der Waals surface area contributed by atoms with Gasteiger partial charge in [0.15, 0.2) is 10.9 Å². The van der Waals surface area contributed by atoms with Gasteiger partial charge in [0.2, 0.25) is 5.91 Å². The number of hydrogen-bond donors (Lipinski definition) is 2. The highest BCUT2D eigenvalue weighted by atomic mass is 32.1. The van der Waals surface area contributed by atoms with Crippen molar-refractivity contribution in [3.8, 4) is 0 Å². The van der Waals surface area contributed by atoms with Crippen LogP contribution in [0.4, 0.5) is 13.9 Å². The smallest absolute Gasteiger partial charge is 0.230 e. The van der Waals surface area contributed by atoms with Crippen molar-refractivity contribution in [1.29, 1.82) is 0 Å². The summed E-state index contributed by atoms with van der Waals surface area (Å²) in [6.45, 7) is 2.69. The van der Waals surface area contributed by atoms with Crippen LogP contribution >= 0.6 is 11.3 Å². The molecular formula is C17H22F2N4O2S. The highest BCUT2D eigenvalue weighted by molar-refractivity contribution is 7.22. The minimum Gasteiger partial charge on any atom is -0.392 e. The predicted molar refractivity (Wildman–Crippen MR) is 97.3 cm³/mol. The van der Waals surface area contributed by atoms with Gasteiger partial charge in [-0.2, -0.15) is 0 Å².